The summed E-state index contributed by atoms with van der Waals surface area (Å²) in [7, 11) is -2.45. The van der Waals surface area contributed by atoms with E-state index in [4.69, 9.17) is 14.2 Å². The van der Waals surface area contributed by atoms with Crippen molar-refractivity contribution in [1.29, 1.82) is 0 Å². The summed E-state index contributed by atoms with van der Waals surface area (Å²) in [5.74, 6) is -1.95. The van der Waals surface area contributed by atoms with E-state index in [1.54, 1.807) is 50.3 Å². The smallest absolute Gasteiger partial charge is 0.305 e. The van der Waals surface area contributed by atoms with Crippen LogP contribution >= 0.6 is 0 Å². The summed E-state index contributed by atoms with van der Waals surface area (Å²) in [5, 5.41) is -0.938. The van der Waals surface area contributed by atoms with Crippen LogP contribution in [0.1, 0.15) is 34.1 Å². The minimum atomic E-state index is -3.74. The molecule has 2 rings (SSSR count). The van der Waals surface area contributed by atoms with Gasteiger partial charge in [-0.1, -0.05) is 29.8 Å². The van der Waals surface area contributed by atoms with Gasteiger partial charge in [-0.15, -0.1) is 0 Å². The monoisotopic (exact) mass is 396 g/mol. The summed E-state index contributed by atoms with van der Waals surface area (Å²) in [5.41, 5.74) is 0.840. The highest BCUT2D eigenvalue weighted by atomic mass is 32.2. The number of sulfone groups is 1. The SMILES string of the molecule is COC(=O)C[C@H]([C@H]1COC(C)(C)O1)[C@H](C=C(C)C)S(=O)(=O)c1ccccc1. The average molecular weight is 397 g/mol. The Bertz CT molecular complexity index is 778. The molecule has 1 aliphatic heterocycles. The van der Waals surface area contributed by atoms with Crippen LogP contribution in [0.2, 0.25) is 0 Å². The molecule has 1 fully saturated rings. The van der Waals surface area contributed by atoms with Gasteiger partial charge < -0.3 is 14.2 Å². The van der Waals surface area contributed by atoms with Gasteiger partial charge in [-0.3, -0.25) is 4.79 Å². The second kappa shape index (κ2) is 8.54. The standard InChI is InChI=1S/C20H28O6S/c1-14(2)11-18(27(22,23)15-9-7-6-8-10-15)16(12-19(21)24-5)17-13-25-20(3,4)26-17/h6-11,16-18H,12-13H2,1-5H3/t16-,17-,18+/m1/s1. The quantitative estimate of drug-likeness (QED) is 0.520. The first-order valence-corrected chi connectivity index (χ1v) is 10.4. The summed E-state index contributed by atoms with van der Waals surface area (Å²) >= 11 is 0. The molecule has 0 radical (unpaired) electrons. The van der Waals surface area contributed by atoms with Crippen molar-refractivity contribution in [3.63, 3.8) is 0 Å². The molecule has 0 aliphatic carbocycles. The summed E-state index contributed by atoms with van der Waals surface area (Å²) in [6, 6.07) is 8.25. The summed E-state index contributed by atoms with van der Waals surface area (Å²) < 4.78 is 43.2. The number of ether oxygens (including phenoxy) is 3. The second-order valence-corrected chi connectivity index (χ2v) is 9.48. The molecular weight excluding hydrogens is 368 g/mol. The molecule has 0 bridgehead atoms. The lowest BCUT2D eigenvalue weighted by Crippen LogP contribution is -2.40. The molecule has 1 heterocycles. The fourth-order valence-corrected chi connectivity index (χ4v) is 5.23. The number of esters is 1. The number of allylic oxidation sites excluding steroid dienone is 1. The Balaban J connectivity index is 2.51. The molecule has 7 heteroatoms. The highest BCUT2D eigenvalue weighted by molar-refractivity contribution is 7.92. The first kappa shape index (κ1) is 21.6. The number of methoxy groups -OCH3 is 1. The first-order chi connectivity index (χ1) is 12.6. The summed E-state index contributed by atoms with van der Waals surface area (Å²) in [6.07, 6.45) is 1.06. The van der Waals surface area contributed by atoms with Crippen LogP contribution in [0.3, 0.4) is 0 Å². The summed E-state index contributed by atoms with van der Waals surface area (Å²) in [6.45, 7) is 7.41. The highest BCUT2D eigenvalue weighted by Crippen LogP contribution is 2.35. The van der Waals surface area contributed by atoms with E-state index in [-0.39, 0.29) is 17.9 Å². The third kappa shape index (κ3) is 5.40. The normalized spacial score (nSPS) is 21.3. The van der Waals surface area contributed by atoms with Gasteiger partial charge >= 0.3 is 5.97 Å². The van der Waals surface area contributed by atoms with Crippen molar-refractivity contribution in [3.8, 4) is 0 Å². The van der Waals surface area contributed by atoms with E-state index in [9.17, 15) is 13.2 Å². The molecule has 27 heavy (non-hydrogen) atoms. The molecule has 0 saturated carbocycles. The Morgan fingerprint density at radius 1 is 1.30 bits per heavy atom. The zero-order valence-corrected chi connectivity index (χ0v) is 17.3. The van der Waals surface area contributed by atoms with Crippen LogP contribution in [0.25, 0.3) is 0 Å². The Morgan fingerprint density at radius 2 is 1.93 bits per heavy atom. The van der Waals surface area contributed by atoms with Gasteiger partial charge in [-0.2, -0.15) is 0 Å². The van der Waals surface area contributed by atoms with Crippen molar-refractivity contribution in [2.75, 3.05) is 13.7 Å². The Labute approximate surface area is 161 Å². The van der Waals surface area contributed by atoms with Crippen molar-refractivity contribution in [2.45, 2.75) is 56.2 Å². The summed E-state index contributed by atoms with van der Waals surface area (Å²) in [4.78, 5) is 12.3. The van der Waals surface area contributed by atoms with Crippen molar-refractivity contribution >= 4 is 15.8 Å². The zero-order chi connectivity index (χ0) is 20.2. The minimum Gasteiger partial charge on any atom is -0.469 e. The molecule has 0 unspecified atom stereocenters. The van der Waals surface area contributed by atoms with E-state index in [0.29, 0.717) is 0 Å². The molecule has 0 aromatic heterocycles. The maximum absolute atomic E-state index is 13.4. The predicted molar refractivity (Wildman–Crippen MR) is 102 cm³/mol. The van der Waals surface area contributed by atoms with E-state index in [1.165, 1.54) is 7.11 Å². The van der Waals surface area contributed by atoms with Crippen molar-refractivity contribution in [2.24, 2.45) is 5.92 Å². The number of carbonyl (C=O) groups is 1. The van der Waals surface area contributed by atoms with Gasteiger partial charge in [0, 0.05) is 5.92 Å². The lowest BCUT2D eigenvalue weighted by molar-refractivity contribution is -0.152. The van der Waals surface area contributed by atoms with E-state index >= 15 is 0 Å². The van der Waals surface area contributed by atoms with Gasteiger partial charge in [0.25, 0.3) is 0 Å². The molecule has 1 saturated heterocycles. The van der Waals surface area contributed by atoms with Crippen LogP contribution < -0.4 is 0 Å². The molecular formula is C20H28O6S. The molecule has 0 N–H and O–H groups in total. The first-order valence-electron chi connectivity index (χ1n) is 8.89. The number of hydrogen-bond donors (Lipinski definition) is 0. The van der Waals surface area contributed by atoms with Gasteiger partial charge in [-0.05, 0) is 39.8 Å². The van der Waals surface area contributed by atoms with E-state index in [0.717, 1.165) is 5.57 Å². The molecule has 6 nitrogen and oxygen atoms in total. The third-order valence-corrected chi connectivity index (χ3v) is 6.62. The van der Waals surface area contributed by atoms with Crippen LogP contribution in [0.4, 0.5) is 0 Å². The fourth-order valence-electron chi connectivity index (χ4n) is 3.20. The highest BCUT2D eigenvalue weighted by Gasteiger charge is 2.45. The number of carbonyl (C=O) groups excluding carboxylic acids is 1. The number of benzene rings is 1. The molecule has 1 aromatic rings. The van der Waals surface area contributed by atoms with Gasteiger partial charge in [0.15, 0.2) is 15.6 Å². The largest absolute Gasteiger partial charge is 0.469 e. The zero-order valence-electron chi connectivity index (χ0n) is 16.5. The predicted octanol–water partition coefficient (Wildman–Crippen LogP) is 3.13. The Morgan fingerprint density at radius 3 is 2.41 bits per heavy atom. The van der Waals surface area contributed by atoms with E-state index < -0.39 is 38.9 Å². The van der Waals surface area contributed by atoms with Gasteiger partial charge in [0.2, 0.25) is 0 Å². The van der Waals surface area contributed by atoms with E-state index in [2.05, 4.69) is 0 Å². The molecule has 1 aliphatic rings. The van der Waals surface area contributed by atoms with Gasteiger partial charge in [0.05, 0.1) is 36.4 Å². The van der Waals surface area contributed by atoms with Crippen molar-refractivity contribution in [1.82, 2.24) is 0 Å². The molecule has 150 valence electrons. The number of rotatable bonds is 7. The maximum atomic E-state index is 13.4. The Kier molecular flexibility index (Phi) is 6.83. The average Bonchev–Trinajstić information content (AvgIpc) is 2.97. The van der Waals surface area contributed by atoms with Crippen LogP contribution in [-0.2, 0) is 28.8 Å². The number of hydrogen-bond acceptors (Lipinski definition) is 6. The van der Waals surface area contributed by atoms with Crippen molar-refractivity contribution in [3.05, 3.63) is 42.0 Å². The maximum Gasteiger partial charge on any atom is 0.305 e. The van der Waals surface area contributed by atoms with Crippen LogP contribution in [0, 0.1) is 5.92 Å². The van der Waals surface area contributed by atoms with Crippen molar-refractivity contribution < 1.29 is 27.4 Å². The molecule has 0 amide bonds. The van der Waals surface area contributed by atoms with Gasteiger partial charge in [0.1, 0.15) is 0 Å². The lowest BCUT2D eigenvalue weighted by Gasteiger charge is -2.29. The third-order valence-electron chi connectivity index (χ3n) is 4.49. The molecule has 0 spiro atoms. The van der Waals surface area contributed by atoms with E-state index in [1.807, 2.05) is 13.8 Å². The van der Waals surface area contributed by atoms with Crippen LogP contribution in [0.5, 0.6) is 0 Å². The lowest BCUT2D eigenvalue weighted by atomic mass is 9.93. The molecule has 3 atom stereocenters. The van der Waals surface area contributed by atoms with Crippen LogP contribution in [0.15, 0.2) is 46.9 Å². The second-order valence-electron chi connectivity index (χ2n) is 7.38. The topological polar surface area (TPSA) is 78.9 Å². The fraction of sp³-hybridized carbons (Fsp3) is 0.550. The Hall–Kier alpha value is -1.70. The van der Waals surface area contributed by atoms with Crippen LogP contribution in [-0.4, -0.2) is 45.2 Å². The van der Waals surface area contributed by atoms with Gasteiger partial charge in [-0.25, -0.2) is 8.42 Å². The molecule has 1 aromatic carbocycles. The minimum absolute atomic E-state index is 0.0822.